The van der Waals surface area contributed by atoms with Gasteiger partial charge in [-0.3, -0.25) is 4.79 Å². The molecule has 0 aromatic heterocycles. The molecule has 1 N–H and O–H groups in total. The lowest BCUT2D eigenvalue weighted by atomic mass is 9.89. The standard InChI is InChI=1S/C15H27NO3/c1-11-9-14(10-12(2)19-11)16-7-5-13(6-8-16)3-4-15(17)18/h11-14H,3-10H2,1-2H3,(H,17,18). The van der Waals surface area contributed by atoms with Crippen molar-refractivity contribution in [2.75, 3.05) is 13.1 Å². The van der Waals surface area contributed by atoms with Gasteiger partial charge < -0.3 is 14.7 Å². The van der Waals surface area contributed by atoms with E-state index in [9.17, 15) is 4.79 Å². The molecule has 0 saturated carbocycles. The Kier molecular flexibility index (Phi) is 5.22. The van der Waals surface area contributed by atoms with Gasteiger partial charge in [-0.2, -0.15) is 0 Å². The van der Waals surface area contributed by atoms with Gasteiger partial charge in [-0.25, -0.2) is 0 Å². The van der Waals surface area contributed by atoms with Gasteiger partial charge >= 0.3 is 5.97 Å². The van der Waals surface area contributed by atoms with E-state index in [2.05, 4.69) is 18.7 Å². The maximum Gasteiger partial charge on any atom is 0.303 e. The Balaban J connectivity index is 1.74. The van der Waals surface area contributed by atoms with E-state index in [1.54, 1.807) is 0 Å². The van der Waals surface area contributed by atoms with E-state index in [0.29, 0.717) is 30.6 Å². The summed E-state index contributed by atoms with van der Waals surface area (Å²) in [5.41, 5.74) is 0. The fourth-order valence-electron chi connectivity index (χ4n) is 3.60. The van der Waals surface area contributed by atoms with E-state index in [-0.39, 0.29) is 0 Å². The molecule has 2 saturated heterocycles. The van der Waals surface area contributed by atoms with Crippen LogP contribution in [0.4, 0.5) is 0 Å². The Bertz CT molecular complexity index is 290. The molecule has 4 nitrogen and oxygen atoms in total. The highest BCUT2D eigenvalue weighted by Crippen LogP contribution is 2.29. The first-order valence-electron chi connectivity index (χ1n) is 7.66. The molecule has 0 aromatic carbocycles. The number of nitrogens with zero attached hydrogens (tertiary/aromatic N) is 1. The van der Waals surface area contributed by atoms with Gasteiger partial charge in [0.25, 0.3) is 0 Å². The number of likely N-dealkylation sites (tertiary alicyclic amines) is 1. The van der Waals surface area contributed by atoms with Crippen molar-refractivity contribution in [3.8, 4) is 0 Å². The monoisotopic (exact) mass is 269 g/mol. The van der Waals surface area contributed by atoms with Crippen molar-refractivity contribution in [3.63, 3.8) is 0 Å². The number of carboxylic acids is 1. The van der Waals surface area contributed by atoms with E-state index in [0.717, 1.165) is 45.2 Å². The Morgan fingerprint density at radius 2 is 1.79 bits per heavy atom. The fraction of sp³-hybridized carbons (Fsp3) is 0.933. The smallest absolute Gasteiger partial charge is 0.303 e. The van der Waals surface area contributed by atoms with Crippen LogP contribution in [0, 0.1) is 5.92 Å². The zero-order valence-corrected chi connectivity index (χ0v) is 12.2. The van der Waals surface area contributed by atoms with Gasteiger partial charge in [0.1, 0.15) is 0 Å². The molecule has 2 unspecified atom stereocenters. The molecular weight excluding hydrogens is 242 g/mol. The van der Waals surface area contributed by atoms with Crippen LogP contribution in [0.25, 0.3) is 0 Å². The second-order valence-corrected chi connectivity index (χ2v) is 6.29. The van der Waals surface area contributed by atoms with Crippen molar-refractivity contribution in [2.45, 2.75) is 70.6 Å². The third-order valence-corrected chi connectivity index (χ3v) is 4.60. The summed E-state index contributed by atoms with van der Waals surface area (Å²) in [6.45, 7) is 6.60. The average molecular weight is 269 g/mol. The molecule has 2 heterocycles. The predicted octanol–water partition coefficient (Wildman–Crippen LogP) is 2.52. The number of ether oxygens (including phenoxy) is 1. The number of piperidine rings is 1. The van der Waals surface area contributed by atoms with Crippen molar-refractivity contribution < 1.29 is 14.6 Å². The molecule has 0 amide bonds. The Morgan fingerprint density at radius 3 is 2.32 bits per heavy atom. The highest BCUT2D eigenvalue weighted by atomic mass is 16.5. The van der Waals surface area contributed by atoms with E-state index in [1.165, 1.54) is 0 Å². The van der Waals surface area contributed by atoms with Gasteiger partial charge in [-0.15, -0.1) is 0 Å². The molecule has 4 heteroatoms. The summed E-state index contributed by atoms with van der Waals surface area (Å²) in [7, 11) is 0. The van der Waals surface area contributed by atoms with Crippen LogP contribution in [0.2, 0.25) is 0 Å². The molecule has 2 atom stereocenters. The van der Waals surface area contributed by atoms with Gasteiger partial charge in [0.15, 0.2) is 0 Å². The summed E-state index contributed by atoms with van der Waals surface area (Å²) in [4.78, 5) is 13.2. The van der Waals surface area contributed by atoms with Crippen molar-refractivity contribution in [3.05, 3.63) is 0 Å². The first-order valence-corrected chi connectivity index (χ1v) is 7.66. The summed E-state index contributed by atoms with van der Waals surface area (Å²) in [6, 6.07) is 0.666. The molecule has 2 aliphatic heterocycles. The zero-order chi connectivity index (χ0) is 13.8. The molecule has 110 valence electrons. The van der Waals surface area contributed by atoms with Crippen LogP contribution in [0.5, 0.6) is 0 Å². The molecule has 2 rings (SSSR count). The molecule has 0 radical (unpaired) electrons. The SMILES string of the molecule is CC1CC(N2CCC(CCC(=O)O)CC2)CC(C)O1. The highest BCUT2D eigenvalue weighted by molar-refractivity contribution is 5.66. The van der Waals surface area contributed by atoms with Crippen LogP contribution in [0.3, 0.4) is 0 Å². The summed E-state index contributed by atoms with van der Waals surface area (Å²) in [5.74, 6) is -0.0449. The topological polar surface area (TPSA) is 49.8 Å². The number of aliphatic carboxylic acids is 1. The lowest BCUT2D eigenvalue weighted by molar-refractivity contribution is -0.137. The van der Waals surface area contributed by atoms with E-state index in [4.69, 9.17) is 9.84 Å². The van der Waals surface area contributed by atoms with Gasteiger partial charge in [0, 0.05) is 12.5 Å². The van der Waals surface area contributed by atoms with Gasteiger partial charge in [-0.1, -0.05) is 0 Å². The summed E-state index contributed by atoms with van der Waals surface area (Å²) in [6.07, 6.45) is 6.53. The minimum absolute atomic E-state index is 0.329. The quantitative estimate of drug-likeness (QED) is 0.852. The molecule has 0 spiro atoms. The maximum atomic E-state index is 10.6. The van der Waals surface area contributed by atoms with Crippen LogP contribution in [-0.4, -0.2) is 47.3 Å². The Morgan fingerprint density at radius 1 is 1.21 bits per heavy atom. The molecule has 2 fully saturated rings. The molecule has 0 aromatic rings. The van der Waals surface area contributed by atoms with Gasteiger partial charge in [0.05, 0.1) is 12.2 Å². The molecule has 2 aliphatic rings. The normalized spacial score (nSPS) is 34.3. The first-order chi connectivity index (χ1) is 9.04. The van der Waals surface area contributed by atoms with Gasteiger partial charge in [-0.05, 0) is 65.0 Å². The number of rotatable bonds is 4. The van der Waals surface area contributed by atoms with Crippen molar-refractivity contribution in [1.82, 2.24) is 4.90 Å². The first kappa shape index (κ1) is 14.8. The van der Waals surface area contributed by atoms with Crippen LogP contribution in [0.1, 0.15) is 52.4 Å². The number of carbonyl (C=O) groups is 1. The summed E-state index contributed by atoms with van der Waals surface area (Å²) < 4.78 is 5.80. The predicted molar refractivity (Wildman–Crippen MR) is 74.2 cm³/mol. The van der Waals surface area contributed by atoms with E-state index < -0.39 is 5.97 Å². The number of hydrogen-bond donors (Lipinski definition) is 1. The lowest BCUT2D eigenvalue weighted by Crippen LogP contribution is -2.47. The van der Waals surface area contributed by atoms with Crippen molar-refractivity contribution in [1.29, 1.82) is 0 Å². The second-order valence-electron chi connectivity index (χ2n) is 6.29. The Hall–Kier alpha value is -0.610. The minimum Gasteiger partial charge on any atom is -0.481 e. The van der Waals surface area contributed by atoms with Crippen molar-refractivity contribution >= 4 is 5.97 Å². The maximum absolute atomic E-state index is 10.6. The summed E-state index contributed by atoms with van der Waals surface area (Å²) >= 11 is 0. The van der Waals surface area contributed by atoms with E-state index >= 15 is 0 Å². The van der Waals surface area contributed by atoms with Crippen LogP contribution >= 0.6 is 0 Å². The third kappa shape index (κ3) is 4.46. The summed E-state index contributed by atoms with van der Waals surface area (Å²) in [5, 5.41) is 8.73. The van der Waals surface area contributed by atoms with E-state index in [1.807, 2.05) is 0 Å². The van der Waals surface area contributed by atoms with Crippen molar-refractivity contribution in [2.24, 2.45) is 5.92 Å². The second kappa shape index (κ2) is 6.71. The number of carboxylic acid groups (broad SMARTS) is 1. The molecule has 19 heavy (non-hydrogen) atoms. The highest BCUT2D eigenvalue weighted by Gasteiger charge is 2.31. The number of hydrogen-bond acceptors (Lipinski definition) is 3. The minimum atomic E-state index is -0.658. The zero-order valence-electron chi connectivity index (χ0n) is 12.2. The molecule has 0 aliphatic carbocycles. The lowest BCUT2D eigenvalue weighted by Gasteiger charge is -2.42. The molecule has 0 bridgehead atoms. The van der Waals surface area contributed by atoms with Crippen LogP contribution in [0.15, 0.2) is 0 Å². The van der Waals surface area contributed by atoms with Gasteiger partial charge in [0.2, 0.25) is 0 Å². The fourth-order valence-corrected chi connectivity index (χ4v) is 3.60. The molecular formula is C15H27NO3. The van der Waals surface area contributed by atoms with Crippen LogP contribution in [-0.2, 0) is 9.53 Å². The third-order valence-electron chi connectivity index (χ3n) is 4.60. The Labute approximate surface area is 116 Å². The van der Waals surface area contributed by atoms with Crippen LogP contribution < -0.4 is 0 Å². The average Bonchev–Trinajstić information content (AvgIpc) is 2.36. The largest absolute Gasteiger partial charge is 0.481 e.